The predicted octanol–water partition coefficient (Wildman–Crippen LogP) is 3.44. The second-order valence-electron chi connectivity index (χ2n) is 6.60. The van der Waals surface area contributed by atoms with Crippen LogP contribution in [0.2, 0.25) is 0 Å². The first kappa shape index (κ1) is 22.9. The smallest absolute Gasteiger partial charge is 0.213 e. The molecule has 1 aliphatic rings. The van der Waals surface area contributed by atoms with Crippen molar-refractivity contribution in [2.75, 3.05) is 39.8 Å². The van der Waals surface area contributed by atoms with Crippen molar-refractivity contribution < 1.29 is 4.74 Å². The molecule has 0 aliphatic carbocycles. The lowest BCUT2D eigenvalue weighted by Gasteiger charge is -2.36. The molecule has 2 aromatic heterocycles. The van der Waals surface area contributed by atoms with Crippen LogP contribution in [-0.2, 0) is 13.1 Å². The predicted molar refractivity (Wildman–Crippen MR) is 127 cm³/mol. The Bertz CT molecular complexity index is 700. The molecule has 2 aromatic rings. The SMILES string of the molecule is CCCOc1ccc(CNC(=NC)N2CCN(Cc3cccs3)CC2)cn1.I. The van der Waals surface area contributed by atoms with Gasteiger partial charge in [0.25, 0.3) is 0 Å². The van der Waals surface area contributed by atoms with Crippen molar-refractivity contribution in [1.29, 1.82) is 0 Å². The highest BCUT2D eigenvalue weighted by Crippen LogP contribution is 2.14. The fraction of sp³-hybridized carbons (Fsp3) is 0.500. The molecule has 1 aliphatic heterocycles. The third-order valence-electron chi connectivity index (χ3n) is 4.55. The Morgan fingerprint density at radius 3 is 2.68 bits per heavy atom. The normalized spacial score (nSPS) is 15.2. The topological polar surface area (TPSA) is 53.0 Å². The van der Waals surface area contributed by atoms with Crippen LogP contribution in [0, 0.1) is 0 Å². The minimum absolute atomic E-state index is 0. The van der Waals surface area contributed by atoms with E-state index in [4.69, 9.17) is 4.74 Å². The van der Waals surface area contributed by atoms with Gasteiger partial charge in [-0.2, -0.15) is 0 Å². The molecule has 1 N–H and O–H groups in total. The van der Waals surface area contributed by atoms with Crippen LogP contribution in [0.25, 0.3) is 0 Å². The molecule has 0 atom stereocenters. The lowest BCUT2D eigenvalue weighted by atomic mass is 10.3. The van der Waals surface area contributed by atoms with Gasteiger partial charge in [0, 0.05) is 63.5 Å². The number of nitrogens with zero attached hydrogens (tertiary/aromatic N) is 4. The number of piperazine rings is 1. The summed E-state index contributed by atoms with van der Waals surface area (Å²) in [5.41, 5.74) is 1.12. The number of aromatic nitrogens is 1. The number of nitrogens with one attached hydrogen (secondary N) is 1. The van der Waals surface area contributed by atoms with Crippen LogP contribution in [0.4, 0.5) is 0 Å². The zero-order valence-corrected chi connectivity index (χ0v) is 19.8. The third kappa shape index (κ3) is 6.89. The van der Waals surface area contributed by atoms with E-state index in [2.05, 4.69) is 55.6 Å². The fourth-order valence-corrected chi connectivity index (χ4v) is 3.81. The van der Waals surface area contributed by atoms with E-state index in [-0.39, 0.29) is 24.0 Å². The number of hydrogen-bond acceptors (Lipinski definition) is 5. The van der Waals surface area contributed by atoms with E-state index in [0.29, 0.717) is 19.0 Å². The number of pyridine rings is 1. The van der Waals surface area contributed by atoms with Gasteiger partial charge < -0.3 is 15.0 Å². The summed E-state index contributed by atoms with van der Waals surface area (Å²) in [6, 6.07) is 8.32. The van der Waals surface area contributed by atoms with Crippen molar-refractivity contribution in [2.45, 2.75) is 26.4 Å². The van der Waals surface area contributed by atoms with Gasteiger partial charge in [0.2, 0.25) is 5.88 Å². The lowest BCUT2D eigenvalue weighted by Crippen LogP contribution is -2.51. The number of ether oxygens (including phenoxy) is 1. The second kappa shape index (κ2) is 12.2. The molecule has 0 amide bonds. The Morgan fingerprint density at radius 2 is 2.07 bits per heavy atom. The minimum atomic E-state index is 0. The zero-order valence-electron chi connectivity index (χ0n) is 16.6. The first-order valence-electron chi connectivity index (χ1n) is 9.56. The fourth-order valence-electron chi connectivity index (χ4n) is 3.06. The van der Waals surface area contributed by atoms with Gasteiger partial charge in [0.05, 0.1) is 6.61 Å². The van der Waals surface area contributed by atoms with Gasteiger partial charge in [0.15, 0.2) is 5.96 Å². The highest BCUT2D eigenvalue weighted by atomic mass is 127. The van der Waals surface area contributed by atoms with E-state index < -0.39 is 0 Å². The number of guanidine groups is 1. The van der Waals surface area contributed by atoms with Crippen LogP contribution in [0.15, 0.2) is 40.8 Å². The number of halogens is 1. The number of hydrogen-bond donors (Lipinski definition) is 1. The summed E-state index contributed by atoms with van der Waals surface area (Å²) >= 11 is 1.83. The maximum atomic E-state index is 5.53. The largest absolute Gasteiger partial charge is 0.478 e. The molecule has 0 saturated carbocycles. The van der Waals surface area contributed by atoms with Gasteiger partial charge in [-0.3, -0.25) is 9.89 Å². The van der Waals surface area contributed by atoms with E-state index in [1.807, 2.05) is 30.6 Å². The van der Waals surface area contributed by atoms with Gasteiger partial charge in [-0.05, 0) is 23.4 Å². The summed E-state index contributed by atoms with van der Waals surface area (Å²) in [6.45, 7) is 8.66. The van der Waals surface area contributed by atoms with Crippen LogP contribution in [0.1, 0.15) is 23.8 Å². The summed E-state index contributed by atoms with van der Waals surface area (Å²) in [4.78, 5) is 15.1. The molecule has 1 saturated heterocycles. The molecule has 6 nitrogen and oxygen atoms in total. The summed E-state index contributed by atoms with van der Waals surface area (Å²) in [5, 5.41) is 5.60. The molecule has 0 aromatic carbocycles. The highest BCUT2D eigenvalue weighted by molar-refractivity contribution is 14.0. The molecular formula is C20H30IN5OS. The number of aliphatic imine (C=N–C) groups is 1. The average Bonchev–Trinajstić information content (AvgIpc) is 3.22. The number of thiophene rings is 1. The Morgan fingerprint density at radius 1 is 1.25 bits per heavy atom. The Balaban J connectivity index is 0.00000280. The van der Waals surface area contributed by atoms with E-state index >= 15 is 0 Å². The van der Waals surface area contributed by atoms with E-state index in [1.165, 1.54) is 4.88 Å². The Labute approximate surface area is 189 Å². The van der Waals surface area contributed by atoms with Gasteiger partial charge in [-0.1, -0.05) is 19.1 Å². The van der Waals surface area contributed by atoms with Crippen LogP contribution in [0.3, 0.4) is 0 Å². The molecule has 28 heavy (non-hydrogen) atoms. The molecule has 0 radical (unpaired) electrons. The molecule has 8 heteroatoms. The quantitative estimate of drug-likeness (QED) is 0.348. The van der Waals surface area contributed by atoms with Gasteiger partial charge in [0.1, 0.15) is 0 Å². The minimum Gasteiger partial charge on any atom is -0.478 e. The summed E-state index contributed by atoms with van der Waals surface area (Å²) < 4.78 is 5.53. The van der Waals surface area contributed by atoms with Crippen molar-refractivity contribution in [2.24, 2.45) is 4.99 Å². The van der Waals surface area contributed by atoms with Gasteiger partial charge in [-0.15, -0.1) is 35.3 Å². The Hall–Kier alpha value is -1.39. The summed E-state index contributed by atoms with van der Waals surface area (Å²) in [7, 11) is 1.85. The molecule has 1 fully saturated rings. The molecule has 3 heterocycles. The second-order valence-corrected chi connectivity index (χ2v) is 7.63. The van der Waals surface area contributed by atoms with Crippen molar-refractivity contribution in [3.8, 4) is 5.88 Å². The third-order valence-corrected chi connectivity index (χ3v) is 5.41. The Kier molecular flexibility index (Phi) is 10.0. The van der Waals surface area contributed by atoms with Crippen LogP contribution in [0.5, 0.6) is 5.88 Å². The standard InChI is InChI=1S/C20H29N5OS.HI/c1-3-12-26-19-7-6-17(14-22-19)15-23-20(21-2)25-10-8-24(9-11-25)16-18-5-4-13-27-18;/h4-7,13-14H,3,8-12,15-16H2,1-2H3,(H,21,23);1H. The van der Waals surface area contributed by atoms with Crippen LogP contribution >= 0.6 is 35.3 Å². The molecule has 3 rings (SSSR count). The molecule has 0 spiro atoms. The maximum Gasteiger partial charge on any atom is 0.213 e. The first-order chi connectivity index (χ1) is 13.3. The lowest BCUT2D eigenvalue weighted by molar-refractivity contribution is 0.173. The molecule has 0 bridgehead atoms. The summed E-state index contributed by atoms with van der Waals surface area (Å²) in [5.74, 6) is 1.64. The monoisotopic (exact) mass is 515 g/mol. The molecule has 154 valence electrons. The van der Waals surface area contributed by atoms with Crippen LogP contribution in [-0.4, -0.2) is 60.6 Å². The van der Waals surface area contributed by atoms with E-state index in [0.717, 1.165) is 50.7 Å². The maximum absolute atomic E-state index is 5.53. The van der Waals surface area contributed by atoms with Crippen molar-refractivity contribution in [3.63, 3.8) is 0 Å². The van der Waals surface area contributed by atoms with Crippen molar-refractivity contribution in [3.05, 3.63) is 46.3 Å². The van der Waals surface area contributed by atoms with Crippen molar-refractivity contribution >= 4 is 41.3 Å². The van der Waals surface area contributed by atoms with Crippen LogP contribution < -0.4 is 10.1 Å². The first-order valence-corrected chi connectivity index (χ1v) is 10.4. The molecular weight excluding hydrogens is 485 g/mol. The zero-order chi connectivity index (χ0) is 18.9. The van der Waals surface area contributed by atoms with Gasteiger partial charge >= 0.3 is 0 Å². The summed E-state index contributed by atoms with van der Waals surface area (Å²) in [6.07, 6.45) is 2.85. The number of rotatable bonds is 7. The van der Waals surface area contributed by atoms with Crippen molar-refractivity contribution in [1.82, 2.24) is 20.1 Å². The van der Waals surface area contributed by atoms with Gasteiger partial charge in [-0.25, -0.2) is 4.98 Å². The molecule has 0 unspecified atom stereocenters. The van der Waals surface area contributed by atoms with E-state index in [9.17, 15) is 0 Å². The highest BCUT2D eigenvalue weighted by Gasteiger charge is 2.19. The average molecular weight is 515 g/mol. The van der Waals surface area contributed by atoms with E-state index in [1.54, 1.807) is 0 Å².